The molecular formula is C30H63AlO3. The maximum atomic E-state index is 9.53. The first-order valence-electron chi connectivity index (χ1n) is 15.0. The summed E-state index contributed by atoms with van der Waals surface area (Å²) in [5, 5.41) is 28.6. The van der Waals surface area contributed by atoms with Crippen LogP contribution in [0.4, 0.5) is 0 Å². The molecule has 0 aromatic carbocycles. The van der Waals surface area contributed by atoms with E-state index in [-0.39, 0.29) is 37.2 Å². The van der Waals surface area contributed by atoms with Crippen LogP contribution in [0.5, 0.6) is 0 Å². The minimum atomic E-state index is 0. The summed E-state index contributed by atoms with van der Waals surface area (Å²) in [6, 6.07) is 0. The van der Waals surface area contributed by atoms with E-state index in [1.807, 2.05) is 20.8 Å². The largest absolute Gasteiger partial charge is 3.00 e. The molecule has 0 aromatic rings. The van der Waals surface area contributed by atoms with E-state index in [0.29, 0.717) is 0 Å². The van der Waals surface area contributed by atoms with Crippen molar-refractivity contribution in [3.63, 3.8) is 0 Å². The van der Waals surface area contributed by atoms with Gasteiger partial charge in [-0.15, -0.1) is 19.8 Å². The Morgan fingerprint density at radius 2 is 0.441 bits per heavy atom. The SMILES string of the molecule is C1CCCCC1.C1CCCCC1.C1CCCCC1.CCCC[O-].CCCC[O-].CCCC[O-].[Al+3]. The third kappa shape index (κ3) is 53.7. The summed E-state index contributed by atoms with van der Waals surface area (Å²) in [4.78, 5) is 0. The van der Waals surface area contributed by atoms with Crippen molar-refractivity contribution < 1.29 is 15.3 Å². The van der Waals surface area contributed by atoms with Gasteiger partial charge in [-0.1, -0.05) is 175 Å². The summed E-state index contributed by atoms with van der Waals surface area (Å²) in [5.74, 6) is 0. The third-order valence-electron chi connectivity index (χ3n) is 5.99. The van der Waals surface area contributed by atoms with Crippen LogP contribution in [0.2, 0.25) is 0 Å². The molecule has 0 N–H and O–H groups in total. The number of hydrogen-bond donors (Lipinski definition) is 0. The molecule has 204 valence electrons. The Balaban J connectivity index is -0.000000158. The zero-order chi connectivity index (χ0) is 25.1. The average molecular weight is 499 g/mol. The minimum Gasteiger partial charge on any atom is -0.854 e. The normalized spacial score (nSPS) is 16.4. The van der Waals surface area contributed by atoms with Crippen LogP contribution in [0.3, 0.4) is 0 Å². The maximum Gasteiger partial charge on any atom is 3.00 e. The van der Waals surface area contributed by atoms with Crippen LogP contribution in [0.25, 0.3) is 0 Å². The predicted octanol–water partition coefficient (Wildman–Crippen LogP) is 7.08. The molecule has 0 atom stereocenters. The van der Waals surface area contributed by atoms with Gasteiger partial charge in [0.2, 0.25) is 0 Å². The quantitative estimate of drug-likeness (QED) is 0.367. The Kier molecular flexibility index (Phi) is 57.1. The fraction of sp³-hybridized carbons (Fsp3) is 1.00. The van der Waals surface area contributed by atoms with Crippen LogP contribution in [-0.2, 0) is 0 Å². The zero-order valence-electron chi connectivity index (χ0n) is 23.9. The summed E-state index contributed by atoms with van der Waals surface area (Å²) in [6.45, 7) is 6.32. The first-order chi connectivity index (χ1) is 16.2. The molecule has 0 unspecified atom stereocenters. The molecule has 0 heterocycles. The van der Waals surface area contributed by atoms with E-state index in [1.165, 1.54) is 116 Å². The summed E-state index contributed by atoms with van der Waals surface area (Å²) in [6.07, 6.45) is 32.6. The molecule has 0 spiro atoms. The van der Waals surface area contributed by atoms with Crippen molar-refractivity contribution in [1.29, 1.82) is 0 Å². The van der Waals surface area contributed by atoms with Crippen LogP contribution in [0, 0.1) is 0 Å². The Bertz CT molecular complexity index is 182. The number of unbranched alkanes of at least 4 members (excludes halogenated alkanes) is 3. The van der Waals surface area contributed by atoms with E-state index in [0.717, 1.165) is 38.5 Å². The molecule has 0 bridgehead atoms. The second-order valence-electron chi connectivity index (χ2n) is 9.54. The molecule has 0 saturated heterocycles. The first-order valence-corrected chi connectivity index (χ1v) is 15.0. The average Bonchev–Trinajstić information content (AvgIpc) is 2.90. The van der Waals surface area contributed by atoms with Gasteiger partial charge in [0.25, 0.3) is 0 Å². The molecule has 3 nitrogen and oxygen atoms in total. The fourth-order valence-corrected chi connectivity index (χ4v) is 3.61. The third-order valence-corrected chi connectivity index (χ3v) is 5.99. The molecule has 4 heteroatoms. The van der Waals surface area contributed by atoms with Crippen LogP contribution >= 0.6 is 0 Å². The number of rotatable bonds is 6. The van der Waals surface area contributed by atoms with Crippen molar-refractivity contribution in [2.45, 2.75) is 175 Å². The molecule has 34 heavy (non-hydrogen) atoms. The molecule has 0 aromatic heterocycles. The second-order valence-corrected chi connectivity index (χ2v) is 9.54. The molecule has 0 amide bonds. The van der Waals surface area contributed by atoms with Crippen LogP contribution in [0.1, 0.15) is 175 Å². The smallest absolute Gasteiger partial charge is 0.854 e. The van der Waals surface area contributed by atoms with Crippen LogP contribution in [0.15, 0.2) is 0 Å². The van der Waals surface area contributed by atoms with Gasteiger partial charge in [-0.3, -0.25) is 0 Å². The van der Waals surface area contributed by atoms with E-state index in [9.17, 15) is 15.3 Å². The van der Waals surface area contributed by atoms with Gasteiger partial charge in [-0.05, 0) is 0 Å². The summed E-state index contributed by atoms with van der Waals surface area (Å²) in [7, 11) is 0. The van der Waals surface area contributed by atoms with Gasteiger partial charge in [0.1, 0.15) is 0 Å². The topological polar surface area (TPSA) is 69.2 Å². The minimum absolute atomic E-state index is 0. The monoisotopic (exact) mass is 498 g/mol. The second kappa shape index (κ2) is 46.7. The summed E-state index contributed by atoms with van der Waals surface area (Å²) >= 11 is 0. The Labute approximate surface area is 227 Å². The number of hydrogen-bond acceptors (Lipinski definition) is 3. The summed E-state index contributed by atoms with van der Waals surface area (Å²) in [5.41, 5.74) is 0. The standard InChI is InChI=1S/3C6H12.3C4H9O.Al/c3*1-2-4-6-5-3-1;3*1-2-3-4-5;/h3*1-6H2;3*2-4H2,1H3;/q;;;3*-1;+3. The van der Waals surface area contributed by atoms with Gasteiger partial charge in [0.05, 0.1) is 0 Å². The molecule has 3 saturated carbocycles. The molecule has 3 aliphatic rings. The van der Waals surface area contributed by atoms with E-state index in [2.05, 4.69) is 0 Å². The summed E-state index contributed by atoms with van der Waals surface area (Å²) < 4.78 is 0. The maximum absolute atomic E-state index is 9.53. The predicted molar refractivity (Wildman–Crippen MR) is 148 cm³/mol. The molecule has 3 aliphatic carbocycles. The van der Waals surface area contributed by atoms with Crippen LogP contribution in [-0.4, -0.2) is 37.2 Å². The van der Waals surface area contributed by atoms with E-state index in [4.69, 9.17) is 0 Å². The Hall–Kier alpha value is 0.412. The molecule has 3 rings (SSSR count). The van der Waals surface area contributed by atoms with E-state index in [1.54, 1.807) is 0 Å². The van der Waals surface area contributed by atoms with Gasteiger partial charge in [0.15, 0.2) is 0 Å². The van der Waals surface area contributed by atoms with Gasteiger partial charge in [0, 0.05) is 0 Å². The van der Waals surface area contributed by atoms with Crippen molar-refractivity contribution in [2.24, 2.45) is 0 Å². The molecular weight excluding hydrogens is 435 g/mol. The van der Waals surface area contributed by atoms with Gasteiger partial charge >= 0.3 is 17.4 Å². The van der Waals surface area contributed by atoms with E-state index < -0.39 is 0 Å². The first kappa shape index (κ1) is 41.5. The van der Waals surface area contributed by atoms with Gasteiger partial charge < -0.3 is 15.3 Å². The molecule has 0 radical (unpaired) electrons. The fourth-order valence-electron chi connectivity index (χ4n) is 3.61. The van der Waals surface area contributed by atoms with Crippen molar-refractivity contribution in [3.05, 3.63) is 0 Å². The van der Waals surface area contributed by atoms with Crippen molar-refractivity contribution in [1.82, 2.24) is 0 Å². The van der Waals surface area contributed by atoms with Crippen molar-refractivity contribution >= 4 is 17.4 Å². The van der Waals surface area contributed by atoms with Crippen LogP contribution < -0.4 is 15.3 Å². The van der Waals surface area contributed by atoms with Crippen molar-refractivity contribution in [3.8, 4) is 0 Å². The Morgan fingerprint density at radius 1 is 0.324 bits per heavy atom. The Morgan fingerprint density at radius 3 is 0.471 bits per heavy atom. The van der Waals surface area contributed by atoms with Crippen molar-refractivity contribution in [2.75, 3.05) is 19.8 Å². The molecule has 0 aliphatic heterocycles. The molecule has 3 fully saturated rings. The zero-order valence-corrected chi connectivity index (χ0v) is 25.0. The van der Waals surface area contributed by atoms with E-state index >= 15 is 0 Å². The van der Waals surface area contributed by atoms with Gasteiger partial charge in [-0.2, -0.15) is 0 Å². The van der Waals surface area contributed by atoms with Gasteiger partial charge in [-0.25, -0.2) is 0 Å².